The van der Waals surface area contributed by atoms with Gasteiger partial charge in [0.1, 0.15) is 6.04 Å². The Kier molecular flexibility index (Phi) is 3.06. The Morgan fingerprint density at radius 1 is 1.56 bits per heavy atom. The Hall–Kier alpha value is -1.22. The van der Waals surface area contributed by atoms with E-state index in [1.807, 2.05) is 23.1 Å². The normalized spacial score (nSPS) is 16.8. The molecule has 3 nitrogen and oxygen atoms in total. The van der Waals surface area contributed by atoms with Crippen LogP contribution in [0, 0.1) is 0 Å². The van der Waals surface area contributed by atoms with Gasteiger partial charge < -0.3 is 10.0 Å². The van der Waals surface area contributed by atoms with E-state index < -0.39 is 12.0 Å². The average molecular weight is 240 g/mol. The minimum atomic E-state index is -0.789. The summed E-state index contributed by atoms with van der Waals surface area (Å²) < 4.78 is 0. The number of carboxylic acids is 1. The van der Waals surface area contributed by atoms with Crippen LogP contribution in [0.3, 0.4) is 0 Å². The average Bonchev–Trinajstić information content (AvgIpc) is 2.26. The predicted molar refractivity (Wildman–Crippen MR) is 64.2 cm³/mol. The first kappa shape index (κ1) is 11.3. The summed E-state index contributed by atoms with van der Waals surface area (Å²) in [5.41, 5.74) is 2.15. The molecule has 86 valence electrons. The van der Waals surface area contributed by atoms with Gasteiger partial charge in [0.2, 0.25) is 0 Å². The molecule has 0 aromatic heterocycles. The number of nitrogens with zero attached hydrogens (tertiary/aromatic N) is 1. The SMILES string of the molecule is CC(C(=O)O)N1CCCc2cc(Cl)ccc21. The summed E-state index contributed by atoms with van der Waals surface area (Å²) in [6.07, 6.45) is 1.95. The first-order valence-electron chi connectivity index (χ1n) is 5.37. The third-order valence-electron chi connectivity index (χ3n) is 3.02. The molecule has 1 aromatic rings. The maximum atomic E-state index is 11.0. The van der Waals surface area contributed by atoms with Crippen molar-refractivity contribution < 1.29 is 9.90 Å². The van der Waals surface area contributed by atoms with E-state index >= 15 is 0 Å². The van der Waals surface area contributed by atoms with Gasteiger partial charge in [0.15, 0.2) is 0 Å². The van der Waals surface area contributed by atoms with Crippen molar-refractivity contribution in [2.45, 2.75) is 25.8 Å². The standard InChI is InChI=1S/C12H14ClNO2/c1-8(12(15)16)14-6-2-3-9-7-10(13)4-5-11(9)14/h4-5,7-8H,2-3,6H2,1H3,(H,15,16). The van der Waals surface area contributed by atoms with Crippen molar-refractivity contribution in [1.29, 1.82) is 0 Å². The Morgan fingerprint density at radius 2 is 2.31 bits per heavy atom. The van der Waals surface area contributed by atoms with Gasteiger partial charge in [-0.05, 0) is 43.5 Å². The minimum Gasteiger partial charge on any atom is -0.480 e. The quantitative estimate of drug-likeness (QED) is 0.862. The fourth-order valence-corrected chi connectivity index (χ4v) is 2.33. The van der Waals surface area contributed by atoms with E-state index in [2.05, 4.69) is 0 Å². The second-order valence-corrected chi connectivity index (χ2v) is 4.52. The van der Waals surface area contributed by atoms with Crippen LogP contribution in [0.5, 0.6) is 0 Å². The zero-order valence-corrected chi connectivity index (χ0v) is 9.87. The van der Waals surface area contributed by atoms with E-state index in [9.17, 15) is 4.79 Å². The van der Waals surface area contributed by atoms with Crippen LogP contribution in [0.1, 0.15) is 18.9 Å². The number of halogens is 1. The number of anilines is 1. The summed E-state index contributed by atoms with van der Waals surface area (Å²) in [5, 5.41) is 9.76. The molecule has 1 aliphatic heterocycles. The number of fused-ring (bicyclic) bond motifs is 1. The van der Waals surface area contributed by atoms with Crippen LogP contribution in [0.25, 0.3) is 0 Å². The molecule has 0 radical (unpaired) electrons. The molecule has 1 aromatic carbocycles. The minimum absolute atomic E-state index is 0.486. The monoisotopic (exact) mass is 239 g/mol. The van der Waals surface area contributed by atoms with Gasteiger partial charge in [-0.25, -0.2) is 4.79 Å². The van der Waals surface area contributed by atoms with Crippen molar-refractivity contribution in [3.63, 3.8) is 0 Å². The van der Waals surface area contributed by atoms with E-state index in [4.69, 9.17) is 16.7 Å². The molecular weight excluding hydrogens is 226 g/mol. The number of carbonyl (C=O) groups is 1. The molecule has 0 fully saturated rings. The third-order valence-corrected chi connectivity index (χ3v) is 3.26. The summed E-state index contributed by atoms with van der Waals surface area (Å²) in [6, 6.07) is 5.17. The zero-order valence-electron chi connectivity index (χ0n) is 9.11. The van der Waals surface area contributed by atoms with Gasteiger partial charge in [-0.2, -0.15) is 0 Å². The zero-order chi connectivity index (χ0) is 11.7. The molecule has 0 saturated heterocycles. The lowest BCUT2D eigenvalue weighted by Crippen LogP contribution is -2.42. The third kappa shape index (κ3) is 2.00. The highest BCUT2D eigenvalue weighted by Gasteiger charge is 2.25. The lowest BCUT2D eigenvalue weighted by atomic mass is 10.0. The summed E-state index contributed by atoms with van der Waals surface area (Å²) in [6.45, 7) is 2.51. The number of hydrogen-bond acceptors (Lipinski definition) is 2. The highest BCUT2D eigenvalue weighted by atomic mass is 35.5. The highest BCUT2D eigenvalue weighted by molar-refractivity contribution is 6.30. The van der Waals surface area contributed by atoms with Crippen molar-refractivity contribution in [2.24, 2.45) is 0 Å². The molecular formula is C12H14ClNO2. The van der Waals surface area contributed by atoms with Gasteiger partial charge in [-0.15, -0.1) is 0 Å². The van der Waals surface area contributed by atoms with Gasteiger partial charge in [-0.3, -0.25) is 0 Å². The molecule has 4 heteroatoms. The number of aryl methyl sites for hydroxylation is 1. The van der Waals surface area contributed by atoms with Crippen molar-refractivity contribution in [3.8, 4) is 0 Å². The molecule has 1 aliphatic rings. The van der Waals surface area contributed by atoms with Crippen molar-refractivity contribution in [3.05, 3.63) is 28.8 Å². The lowest BCUT2D eigenvalue weighted by Gasteiger charge is -2.34. The topological polar surface area (TPSA) is 40.5 Å². The Labute approximate surface area is 99.6 Å². The van der Waals surface area contributed by atoms with Crippen LogP contribution in [-0.2, 0) is 11.2 Å². The number of rotatable bonds is 2. The molecule has 0 saturated carbocycles. The fourth-order valence-electron chi connectivity index (χ4n) is 2.13. The molecule has 1 unspecified atom stereocenters. The van der Waals surface area contributed by atoms with E-state index in [1.54, 1.807) is 6.92 Å². The number of hydrogen-bond donors (Lipinski definition) is 1. The molecule has 1 heterocycles. The largest absolute Gasteiger partial charge is 0.480 e. The van der Waals surface area contributed by atoms with Crippen molar-refractivity contribution in [2.75, 3.05) is 11.4 Å². The molecule has 0 aliphatic carbocycles. The van der Waals surface area contributed by atoms with E-state index in [0.717, 1.165) is 30.6 Å². The first-order valence-corrected chi connectivity index (χ1v) is 5.75. The Balaban J connectivity index is 2.36. The molecule has 0 amide bonds. The van der Waals surface area contributed by atoms with Crippen molar-refractivity contribution in [1.82, 2.24) is 0 Å². The van der Waals surface area contributed by atoms with Gasteiger partial charge in [-0.1, -0.05) is 11.6 Å². The van der Waals surface area contributed by atoms with Crippen LogP contribution in [-0.4, -0.2) is 23.7 Å². The molecule has 16 heavy (non-hydrogen) atoms. The number of benzene rings is 1. The maximum absolute atomic E-state index is 11.0. The predicted octanol–water partition coefficient (Wildman–Crippen LogP) is 2.57. The van der Waals surface area contributed by atoms with E-state index in [0.29, 0.717) is 5.02 Å². The van der Waals surface area contributed by atoms with Crippen LogP contribution in [0.4, 0.5) is 5.69 Å². The summed E-state index contributed by atoms with van der Waals surface area (Å²) >= 11 is 5.93. The smallest absolute Gasteiger partial charge is 0.326 e. The fraction of sp³-hybridized carbons (Fsp3) is 0.417. The van der Waals surface area contributed by atoms with Gasteiger partial charge in [0.05, 0.1) is 0 Å². The molecule has 0 bridgehead atoms. The van der Waals surface area contributed by atoms with Crippen molar-refractivity contribution >= 4 is 23.3 Å². The molecule has 0 spiro atoms. The Morgan fingerprint density at radius 3 is 3.00 bits per heavy atom. The number of aliphatic carboxylic acids is 1. The van der Waals surface area contributed by atoms with Gasteiger partial charge >= 0.3 is 5.97 Å². The molecule has 2 rings (SSSR count). The second kappa shape index (κ2) is 4.34. The van der Waals surface area contributed by atoms with E-state index in [-0.39, 0.29) is 0 Å². The Bertz CT molecular complexity index is 419. The number of carboxylic acid groups (broad SMARTS) is 1. The molecule has 1 N–H and O–H groups in total. The van der Waals surface area contributed by atoms with Crippen LogP contribution in [0.2, 0.25) is 5.02 Å². The first-order chi connectivity index (χ1) is 7.59. The summed E-state index contributed by atoms with van der Waals surface area (Å²) in [4.78, 5) is 12.9. The summed E-state index contributed by atoms with van der Waals surface area (Å²) in [5.74, 6) is -0.789. The van der Waals surface area contributed by atoms with Gasteiger partial charge in [0.25, 0.3) is 0 Å². The summed E-state index contributed by atoms with van der Waals surface area (Å²) in [7, 11) is 0. The maximum Gasteiger partial charge on any atom is 0.326 e. The van der Waals surface area contributed by atoms with Gasteiger partial charge in [0, 0.05) is 17.3 Å². The second-order valence-electron chi connectivity index (χ2n) is 4.08. The van der Waals surface area contributed by atoms with E-state index in [1.165, 1.54) is 0 Å². The highest BCUT2D eigenvalue weighted by Crippen LogP contribution is 2.30. The lowest BCUT2D eigenvalue weighted by molar-refractivity contribution is -0.138. The molecule has 1 atom stereocenters. The van der Waals surface area contributed by atoms with Crippen LogP contribution < -0.4 is 4.90 Å². The van der Waals surface area contributed by atoms with Crippen LogP contribution in [0.15, 0.2) is 18.2 Å². The van der Waals surface area contributed by atoms with Crippen LogP contribution >= 0.6 is 11.6 Å².